The Bertz CT molecular complexity index is 331. The van der Waals surface area contributed by atoms with Gasteiger partial charge < -0.3 is 14.8 Å². The summed E-state index contributed by atoms with van der Waals surface area (Å²) in [6, 6.07) is -0.637. The van der Waals surface area contributed by atoms with Crippen molar-refractivity contribution in [3.8, 4) is 0 Å². The average molecular weight is 327 g/mol. The molecule has 23 heavy (non-hydrogen) atoms. The van der Waals surface area contributed by atoms with E-state index in [0.717, 1.165) is 19.3 Å². The van der Waals surface area contributed by atoms with Crippen LogP contribution in [-0.4, -0.2) is 31.3 Å². The lowest BCUT2D eigenvalue weighted by molar-refractivity contribution is -0.146. The van der Waals surface area contributed by atoms with Crippen LogP contribution < -0.4 is 5.32 Å². The van der Waals surface area contributed by atoms with Gasteiger partial charge in [0.15, 0.2) is 0 Å². The highest BCUT2D eigenvalue weighted by atomic mass is 16.6. The number of carbonyl (C=O) groups is 2. The monoisotopic (exact) mass is 327 g/mol. The molecule has 5 nitrogen and oxygen atoms in total. The number of ether oxygens (including phenoxy) is 2. The van der Waals surface area contributed by atoms with Crippen LogP contribution in [-0.2, 0) is 14.3 Å². The molecule has 0 saturated carbocycles. The fraction of sp³-hybridized carbons (Fsp3) is 0.778. The zero-order valence-electron chi connectivity index (χ0n) is 14.8. The fourth-order valence-corrected chi connectivity index (χ4v) is 2.19. The molecule has 1 N–H and O–H groups in total. The van der Waals surface area contributed by atoms with Crippen molar-refractivity contribution in [1.29, 1.82) is 0 Å². The number of esters is 1. The molecular weight excluding hydrogens is 294 g/mol. The number of rotatable bonds is 14. The zero-order chi connectivity index (χ0) is 17.3. The molecule has 0 bridgehead atoms. The molecule has 134 valence electrons. The minimum atomic E-state index is -0.637. The number of hydrogen-bond acceptors (Lipinski definition) is 4. The SMILES string of the molecule is C=CCOC(=O)NC(CCC)C(=O)OCCCCCCCCC. The smallest absolute Gasteiger partial charge is 0.408 e. The van der Waals surface area contributed by atoms with Gasteiger partial charge >= 0.3 is 12.1 Å². The van der Waals surface area contributed by atoms with E-state index < -0.39 is 12.1 Å². The van der Waals surface area contributed by atoms with E-state index in [9.17, 15) is 9.59 Å². The Balaban J connectivity index is 3.87. The highest BCUT2D eigenvalue weighted by Crippen LogP contribution is 2.07. The Hall–Kier alpha value is -1.52. The van der Waals surface area contributed by atoms with E-state index in [1.165, 1.54) is 38.2 Å². The summed E-state index contributed by atoms with van der Waals surface area (Å²) in [7, 11) is 0. The summed E-state index contributed by atoms with van der Waals surface area (Å²) < 4.78 is 10.1. The minimum absolute atomic E-state index is 0.123. The van der Waals surface area contributed by atoms with E-state index in [2.05, 4.69) is 18.8 Å². The minimum Gasteiger partial charge on any atom is -0.464 e. The highest BCUT2D eigenvalue weighted by molar-refractivity contribution is 5.81. The molecule has 0 rings (SSSR count). The second-order valence-electron chi connectivity index (χ2n) is 5.66. The maximum Gasteiger partial charge on any atom is 0.408 e. The second kappa shape index (κ2) is 15.4. The second-order valence-corrected chi connectivity index (χ2v) is 5.66. The maximum atomic E-state index is 12.0. The Kier molecular flexibility index (Phi) is 14.4. The van der Waals surface area contributed by atoms with Crippen molar-refractivity contribution in [3.63, 3.8) is 0 Å². The van der Waals surface area contributed by atoms with Crippen LogP contribution in [0.3, 0.4) is 0 Å². The van der Waals surface area contributed by atoms with Crippen LogP contribution in [0.25, 0.3) is 0 Å². The molecule has 0 aliphatic rings. The van der Waals surface area contributed by atoms with Gasteiger partial charge in [0.05, 0.1) is 6.61 Å². The number of hydrogen-bond donors (Lipinski definition) is 1. The maximum absolute atomic E-state index is 12.0. The summed E-state index contributed by atoms with van der Waals surface area (Å²) in [5.41, 5.74) is 0. The number of unbranched alkanes of at least 4 members (excludes halogenated alkanes) is 6. The first-order valence-electron chi connectivity index (χ1n) is 8.86. The quantitative estimate of drug-likeness (QED) is 0.292. The molecule has 1 atom stereocenters. The van der Waals surface area contributed by atoms with Crippen molar-refractivity contribution in [2.75, 3.05) is 13.2 Å². The molecule has 0 fully saturated rings. The van der Waals surface area contributed by atoms with Gasteiger partial charge in [0.1, 0.15) is 12.6 Å². The summed E-state index contributed by atoms with van der Waals surface area (Å²) in [6.45, 7) is 8.16. The Morgan fingerprint density at radius 3 is 2.26 bits per heavy atom. The molecule has 0 aliphatic carbocycles. The van der Waals surface area contributed by atoms with Crippen LogP contribution >= 0.6 is 0 Å². The highest BCUT2D eigenvalue weighted by Gasteiger charge is 2.21. The third-order valence-electron chi connectivity index (χ3n) is 3.48. The van der Waals surface area contributed by atoms with E-state index in [1.54, 1.807) is 0 Å². The van der Waals surface area contributed by atoms with Gasteiger partial charge in [-0.3, -0.25) is 0 Å². The van der Waals surface area contributed by atoms with Gasteiger partial charge in [-0.15, -0.1) is 0 Å². The first-order valence-corrected chi connectivity index (χ1v) is 8.86. The Morgan fingerprint density at radius 1 is 1.00 bits per heavy atom. The standard InChI is InChI=1S/C18H33NO4/c1-4-7-8-9-10-11-12-15-22-17(20)16(13-5-2)19-18(21)23-14-6-3/h6,16H,3-5,7-15H2,1-2H3,(H,19,21). The molecule has 0 aliphatic heterocycles. The van der Waals surface area contributed by atoms with Crippen LogP contribution in [0.15, 0.2) is 12.7 Å². The van der Waals surface area contributed by atoms with Crippen molar-refractivity contribution in [2.45, 2.75) is 77.7 Å². The largest absolute Gasteiger partial charge is 0.464 e. The van der Waals surface area contributed by atoms with Gasteiger partial charge in [-0.2, -0.15) is 0 Å². The summed E-state index contributed by atoms with van der Waals surface area (Å²) >= 11 is 0. The van der Waals surface area contributed by atoms with Gasteiger partial charge in [0.2, 0.25) is 0 Å². The number of nitrogens with one attached hydrogen (secondary N) is 1. The van der Waals surface area contributed by atoms with Crippen LogP contribution in [0.1, 0.15) is 71.6 Å². The topological polar surface area (TPSA) is 64.6 Å². The van der Waals surface area contributed by atoms with Gasteiger partial charge in [-0.25, -0.2) is 9.59 Å². The van der Waals surface area contributed by atoms with Crippen LogP contribution in [0.2, 0.25) is 0 Å². The van der Waals surface area contributed by atoms with Gasteiger partial charge in [-0.05, 0) is 12.8 Å². The molecule has 0 spiro atoms. The van der Waals surface area contributed by atoms with Crippen molar-refractivity contribution in [1.82, 2.24) is 5.32 Å². The predicted octanol–water partition coefficient (Wildman–Crippen LogP) is 4.36. The molecule has 1 amide bonds. The lowest BCUT2D eigenvalue weighted by atomic mass is 10.1. The Labute approximate surface area is 140 Å². The van der Waals surface area contributed by atoms with E-state index >= 15 is 0 Å². The predicted molar refractivity (Wildman–Crippen MR) is 92.3 cm³/mol. The zero-order valence-corrected chi connectivity index (χ0v) is 14.8. The summed E-state index contributed by atoms with van der Waals surface area (Å²) in [6.07, 6.45) is 10.4. The summed E-state index contributed by atoms with van der Waals surface area (Å²) in [5, 5.41) is 2.54. The van der Waals surface area contributed by atoms with Crippen LogP contribution in [0.4, 0.5) is 4.79 Å². The third-order valence-corrected chi connectivity index (χ3v) is 3.48. The van der Waals surface area contributed by atoms with E-state index in [1.807, 2.05) is 6.92 Å². The molecule has 0 heterocycles. The van der Waals surface area contributed by atoms with Gasteiger partial charge in [0.25, 0.3) is 0 Å². The molecular formula is C18H33NO4. The van der Waals surface area contributed by atoms with Crippen molar-refractivity contribution < 1.29 is 19.1 Å². The lowest BCUT2D eigenvalue weighted by Gasteiger charge is -2.16. The first-order chi connectivity index (χ1) is 11.2. The molecule has 5 heteroatoms. The first kappa shape index (κ1) is 21.5. The average Bonchev–Trinajstić information content (AvgIpc) is 2.54. The summed E-state index contributed by atoms with van der Waals surface area (Å²) in [4.78, 5) is 23.5. The number of alkyl carbamates (subject to hydrolysis) is 1. The van der Waals surface area contributed by atoms with E-state index in [-0.39, 0.29) is 12.6 Å². The van der Waals surface area contributed by atoms with Crippen molar-refractivity contribution >= 4 is 12.1 Å². The third kappa shape index (κ3) is 12.7. The summed E-state index contributed by atoms with van der Waals surface area (Å²) in [5.74, 6) is -0.381. The van der Waals surface area contributed by atoms with Gasteiger partial charge in [0, 0.05) is 0 Å². The van der Waals surface area contributed by atoms with Crippen LogP contribution in [0.5, 0.6) is 0 Å². The van der Waals surface area contributed by atoms with Crippen molar-refractivity contribution in [3.05, 3.63) is 12.7 Å². The van der Waals surface area contributed by atoms with E-state index in [4.69, 9.17) is 9.47 Å². The van der Waals surface area contributed by atoms with E-state index in [0.29, 0.717) is 13.0 Å². The molecule has 0 aromatic carbocycles. The van der Waals surface area contributed by atoms with Gasteiger partial charge in [-0.1, -0.05) is 71.4 Å². The molecule has 0 saturated heterocycles. The van der Waals surface area contributed by atoms with Crippen molar-refractivity contribution in [2.24, 2.45) is 0 Å². The molecule has 0 aromatic heterocycles. The fourth-order valence-electron chi connectivity index (χ4n) is 2.19. The lowest BCUT2D eigenvalue weighted by Crippen LogP contribution is -2.42. The molecule has 1 unspecified atom stereocenters. The normalized spacial score (nSPS) is 11.6. The number of amides is 1. The Morgan fingerprint density at radius 2 is 1.65 bits per heavy atom. The number of carbonyl (C=O) groups excluding carboxylic acids is 2. The molecule has 0 aromatic rings. The van der Waals surface area contributed by atoms with Crippen LogP contribution in [0, 0.1) is 0 Å². The molecule has 0 radical (unpaired) electrons.